The summed E-state index contributed by atoms with van der Waals surface area (Å²) in [5.74, 6) is 0.118. The Balaban J connectivity index is 1.36. The number of hydrogen-bond acceptors (Lipinski definition) is 3. The summed E-state index contributed by atoms with van der Waals surface area (Å²) in [7, 11) is 0. The Labute approximate surface area is 159 Å². The number of rotatable bonds is 4. The molecule has 1 aromatic rings. The zero-order chi connectivity index (χ0) is 17.7. The van der Waals surface area contributed by atoms with Crippen LogP contribution >= 0.6 is 27.5 Å². The predicted molar refractivity (Wildman–Crippen MR) is 96.9 cm³/mol. The second-order valence-electron chi connectivity index (χ2n) is 7.14. The van der Waals surface area contributed by atoms with E-state index in [0.29, 0.717) is 22.5 Å². The van der Waals surface area contributed by atoms with Gasteiger partial charge in [-0.15, -0.1) is 0 Å². The third-order valence-electron chi connectivity index (χ3n) is 5.78. The molecule has 2 saturated carbocycles. The molecule has 0 radical (unpaired) electrons. The molecule has 5 nitrogen and oxygen atoms in total. The molecule has 1 aromatic carbocycles. The molecule has 1 heterocycles. The molecular formula is C18H18BrClN2O3. The molecule has 3 amide bonds. The number of halogens is 2. The number of hydrogen-bond donors (Lipinski definition) is 1. The van der Waals surface area contributed by atoms with Crippen molar-refractivity contribution in [3.63, 3.8) is 0 Å². The number of nitrogens with one attached hydrogen (secondary N) is 1. The highest BCUT2D eigenvalue weighted by atomic mass is 79.9. The van der Waals surface area contributed by atoms with Crippen LogP contribution in [0.3, 0.4) is 0 Å². The lowest BCUT2D eigenvalue weighted by atomic mass is 9.81. The lowest BCUT2D eigenvalue weighted by molar-refractivity contribution is -0.140. The van der Waals surface area contributed by atoms with E-state index < -0.39 is 0 Å². The van der Waals surface area contributed by atoms with Crippen molar-refractivity contribution in [1.29, 1.82) is 0 Å². The molecular weight excluding hydrogens is 408 g/mol. The van der Waals surface area contributed by atoms with E-state index in [1.807, 2.05) is 0 Å². The molecule has 0 spiro atoms. The Hall–Kier alpha value is -1.40. The van der Waals surface area contributed by atoms with Crippen molar-refractivity contribution in [2.24, 2.45) is 23.7 Å². The van der Waals surface area contributed by atoms with Crippen molar-refractivity contribution in [3.8, 4) is 0 Å². The van der Waals surface area contributed by atoms with Crippen LogP contribution in [0.2, 0.25) is 5.02 Å². The van der Waals surface area contributed by atoms with Gasteiger partial charge < -0.3 is 5.32 Å². The number of imide groups is 1. The molecule has 132 valence electrons. The zero-order valence-electron chi connectivity index (χ0n) is 13.5. The smallest absolute Gasteiger partial charge is 0.233 e. The van der Waals surface area contributed by atoms with Gasteiger partial charge in [0.05, 0.1) is 16.9 Å². The summed E-state index contributed by atoms with van der Waals surface area (Å²) in [5, 5.41) is 3.26. The normalized spacial score (nSPS) is 30.1. The second kappa shape index (κ2) is 6.40. The van der Waals surface area contributed by atoms with Gasteiger partial charge in [-0.05, 0) is 65.2 Å². The highest BCUT2D eigenvalue weighted by molar-refractivity contribution is 9.10. The zero-order valence-corrected chi connectivity index (χ0v) is 15.8. The fraction of sp³-hybridized carbons (Fsp3) is 0.500. The van der Waals surface area contributed by atoms with Gasteiger partial charge in [0, 0.05) is 23.1 Å². The number of fused-ring (bicyclic) bond motifs is 5. The number of carbonyl (C=O) groups is 3. The summed E-state index contributed by atoms with van der Waals surface area (Å²) in [6, 6.07) is 5.14. The Morgan fingerprint density at radius 3 is 2.44 bits per heavy atom. The highest BCUT2D eigenvalue weighted by Gasteiger charge is 2.60. The molecule has 3 aliphatic rings. The summed E-state index contributed by atoms with van der Waals surface area (Å²) in [6.07, 6.45) is 3.23. The van der Waals surface area contributed by atoms with Gasteiger partial charge in [-0.3, -0.25) is 19.3 Å². The molecule has 3 fully saturated rings. The first kappa shape index (κ1) is 17.0. The van der Waals surface area contributed by atoms with Crippen LogP contribution < -0.4 is 5.32 Å². The molecule has 4 rings (SSSR count). The number of carbonyl (C=O) groups excluding carboxylic acids is 3. The lowest BCUT2D eigenvalue weighted by Crippen LogP contribution is -2.35. The summed E-state index contributed by atoms with van der Waals surface area (Å²) < 4.78 is 0.751. The Morgan fingerprint density at radius 1 is 1.20 bits per heavy atom. The van der Waals surface area contributed by atoms with Gasteiger partial charge in [-0.2, -0.15) is 0 Å². The van der Waals surface area contributed by atoms with Crippen molar-refractivity contribution < 1.29 is 14.4 Å². The molecule has 2 bridgehead atoms. The van der Waals surface area contributed by atoms with E-state index in [2.05, 4.69) is 21.2 Å². The number of anilines is 1. The van der Waals surface area contributed by atoms with Gasteiger partial charge >= 0.3 is 0 Å². The number of amides is 3. The topological polar surface area (TPSA) is 66.5 Å². The van der Waals surface area contributed by atoms with Crippen molar-refractivity contribution in [1.82, 2.24) is 4.90 Å². The van der Waals surface area contributed by atoms with Crippen LogP contribution in [0.1, 0.15) is 25.7 Å². The van der Waals surface area contributed by atoms with Crippen LogP contribution in [0.15, 0.2) is 22.7 Å². The maximum absolute atomic E-state index is 12.6. The lowest BCUT2D eigenvalue weighted by Gasteiger charge is -2.19. The minimum absolute atomic E-state index is 0.0679. The van der Waals surface area contributed by atoms with E-state index in [9.17, 15) is 14.4 Å². The molecule has 4 atom stereocenters. The molecule has 0 unspecified atom stereocenters. The third-order valence-corrected chi connectivity index (χ3v) is 7.02. The van der Waals surface area contributed by atoms with Crippen molar-refractivity contribution in [3.05, 3.63) is 27.7 Å². The summed E-state index contributed by atoms with van der Waals surface area (Å²) in [6.45, 7) is 0.153. The molecule has 25 heavy (non-hydrogen) atoms. The first-order valence-electron chi connectivity index (χ1n) is 8.56. The van der Waals surface area contributed by atoms with E-state index in [-0.39, 0.29) is 42.5 Å². The first-order chi connectivity index (χ1) is 12.0. The molecule has 7 heteroatoms. The first-order valence-corrected chi connectivity index (χ1v) is 9.73. The number of nitrogens with zero attached hydrogens (tertiary/aromatic N) is 1. The van der Waals surface area contributed by atoms with E-state index in [1.54, 1.807) is 18.2 Å². The molecule has 1 aliphatic heterocycles. The summed E-state index contributed by atoms with van der Waals surface area (Å²) in [5.41, 5.74) is 0.590. The number of likely N-dealkylation sites (tertiary alicyclic amines) is 1. The maximum Gasteiger partial charge on any atom is 0.233 e. The fourth-order valence-corrected chi connectivity index (χ4v) is 5.13. The Kier molecular flexibility index (Phi) is 4.36. The van der Waals surface area contributed by atoms with Crippen LogP contribution in [0.4, 0.5) is 5.69 Å². The van der Waals surface area contributed by atoms with Gasteiger partial charge in [0.25, 0.3) is 0 Å². The maximum atomic E-state index is 12.6. The quantitative estimate of drug-likeness (QED) is 0.751. The molecule has 1 saturated heterocycles. The Morgan fingerprint density at radius 2 is 1.84 bits per heavy atom. The van der Waals surface area contributed by atoms with Crippen LogP contribution in [0.25, 0.3) is 0 Å². The van der Waals surface area contributed by atoms with Crippen LogP contribution in [0, 0.1) is 23.7 Å². The van der Waals surface area contributed by atoms with Gasteiger partial charge in [-0.1, -0.05) is 11.6 Å². The molecule has 1 N–H and O–H groups in total. The van der Waals surface area contributed by atoms with Crippen LogP contribution in [-0.4, -0.2) is 29.2 Å². The predicted octanol–water partition coefficient (Wildman–Crippen LogP) is 3.46. The largest absolute Gasteiger partial charge is 0.326 e. The monoisotopic (exact) mass is 424 g/mol. The van der Waals surface area contributed by atoms with Crippen LogP contribution in [-0.2, 0) is 14.4 Å². The minimum Gasteiger partial charge on any atom is -0.326 e. The van der Waals surface area contributed by atoms with E-state index >= 15 is 0 Å². The van der Waals surface area contributed by atoms with Gasteiger partial charge in [0.1, 0.15) is 0 Å². The average Bonchev–Trinajstić information content (AvgIpc) is 3.24. The highest BCUT2D eigenvalue weighted by Crippen LogP contribution is 2.56. The van der Waals surface area contributed by atoms with Crippen molar-refractivity contribution >= 4 is 50.9 Å². The average molecular weight is 426 g/mol. The summed E-state index contributed by atoms with van der Waals surface area (Å²) >= 11 is 9.30. The SMILES string of the molecule is O=C(CCN1C(=O)[C@@H]2[C@@H]3CC[C@H](C3)[C@@H]2C1=O)Nc1ccc(Br)c(Cl)c1. The summed E-state index contributed by atoms with van der Waals surface area (Å²) in [4.78, 5) is 38.6. The van der Waals surface area contributed by atoms with Gasteiger partial charge in [0.2, 0.25) is 17.7 Å². The number of benzene rings is 1. The Bertz CT molecular complexity index is 741. The second-order valence-corrected chi connectivity index (χ2v) is 8.40. The van der Waals surface area contributed by atoms with Gasteiger partial charge in [-0.25, -0.2) is 0 Å². The van der Waals surface area contributed by atoms with Crippen LogP contribution in [0.5, 0.6) is 0 Å². The van der Waals surface area contributed by atoms with E-state index in [1.165, 1.54) is 4.90 Å². The fourth-order valence-electron chi connectivity index (χ4n) is 4.70. The minimum atomic E-state index is -0.237. The third kappa shape index (κ3) is 2.89. The van der Waals surface area contributed by atoms with Crippen molar-refractivity contribution in [2.75, 3.05) is 11.9 Å². The standard InChI is InChI=1S/C18H18BrClN2O3/c19-12-4-3-11(8-13(12)20)21-14(23)5-6-22-17(24)15-9-1-2-10(7-9)16(15)18(22)25/h3-4,8-10,15-16H,1-2,5-7H2,(H,21,23)/t9-,10-,15-,16+/m1/s1. The molecule has 0 aromatic heterocycles. The molecule has 2 aliphatic carbocycles. The van der Waals surface area contributed by atoms with Crippen molar-refractivity contribution in [2.45, 2.75) is 25.7 Å². The van der Waals surface area contributed by atoms with Gasteiger partial charge in [0.15, 0.2) is 0 Å². The van der Waals surface area contributed by atoms with E-state index in [4.69, 9.17) is 11.6 Å². The van der Waals surface area contributed by atoms with E-state index in [0.717, 1.165) is 23.7 Å².